The van der Waals surface area contributed by atoms with Crippen molar-refractivity contribution in [1.29, 1.82) is 0 Å². The van der Waals surface area contributed by atoms with E-state index in [9.17, 15) is 0 Å². The smallest absolute Gasteiger partial charge is 0.0733 e. The van der Waals surface area contributed by atoms with E-state index in [2.05, 4.69) is 24.0 Å². The minimum Gasteiger partial charge on any atom is -0.398 e. The number of hydrogen-bond donors (Lipinski definition) is 2. The van der Waals surface area contributed by atoms with E-state index in [4.69, 9.17) is 11.5 Å². The zero-order valence-corrected chi connectivity index (χ0v) is 12.6. The molecule has 0 unspecified atom stereocenters. The van der Waals surface area contributed by atoms with Crippen LogP contribution in [0, 0.1) is 20.8 Å². The molecule has 0 amide bonds. The lowest BCUT2D eigenvalue weighted by Gasteiger charge is -2.11. The summed E-state index contributed by atoms with van der Waals surface area (Å²) in [7, 11) is 0. The van der Waals surface area contributed by atoms with Gasteiger partial charge in [-0.3, -0.25) is 0 Å². The Kier molecular flexibility index (Phi) is 3.48. The summed E-state index contributed by atoms with van der Waals surface area (Å²) in [5.41, 5.74) is 18.7. The monoisotopic (exact) mass is 287 g/mol. The lowest BCUT2D eigenvalue weighted by atomic mass is 9.99. The first-order valence-corrected chi connectivity index (χ1v) is 6.33. The van der Waals surface area contributed by atoms with Crippen LogP contribution < -0.4 is 11.5 Å². The van der Waals surface area contributed by atoms with Gasteiger partial charge in [0.15, 0.2) is 0 Å². The van der Waals surface area contributed by atoms with Gasteiger partial charge in [0.25, 0.3) is 0 Å². The number of benzene rings is 2. The number of halogens is 1. The van der Waals surface area contributed by atoms with Gasteiger partial charge in [0.2, 0.25) is 0 Å². The molecule has 1 heterocycles. The number of anilines is 2. The molecule has 2 aromatic carbocycles. The van der Waals surface area contributed by atoms with Gasteiger partial charge in [0.1, 0.15) is 0 Å². The molecule has 3 nitrogen and oxygen atoms in total. The molecule has 4 heteroatoms. The summed E-state index contributed by atoms with van der Waals surface area (Å²) in [6.07, 6.45) is 0. The van der Waals surface area contributed by atoms with Gasteiger partial charge in [-0.25, -0.2) is 4.98 Å². The quantitative estimate of drug-likeness (QED) is 0.487. The van der Waals surface area contributed by atoms with E-state index < -0.39 is 0 Å². The van der Waals surface area contributed by atoms with Crippen molar-refractivity contribution in [2.75, 3.05) is 11.5 Å². The molecular formula is C16H18ClN3. The van der Waals surface area contributed by atoms with Crippen LogP contribution in [0.4, 0.5) is 11.4 Å². The van der Waals surface area contributed by atoms with Crippen LogP contribution >= 0.6 is 12.4 Å². The van der Waals surface area contributed by atoms with E-state index in [1.54, 1.807) is 0 Å². The van der Waals surface area contributed by atoms with Crippen molar-refractivity contribution in [1.82, 2.24) is 4.98 Å². The second-order valence-electron chi connectivity index (χ2n) is 5.19. The molecule has 4 N–H and O–H groups in total. The Hall–Kier alpha value is -2.00. The fourth-order valence-corrected chi connectivity index (χ4v) is 2.49. The van der Waals surface area contributed by atoms with Crippen molar-refractivity contribution in [3.8, 4) is 0 Å². The largest absolute Gasteiger partial charge is 0.398 e. The van der Waals surface area contributed by atoms with Crippen molar-refractivity contribution in [3.63, 3.8) is 0 Å². The van der Waals surface area contributed by atoms with Crippen LogP contribution in [0.3, 0.4) is 0 Å². The van der Waals surface area contributed by atoms with Crippen LogP contribution in [0.2, 0.25) is 0 Å². The average molecular weight is 288 g/mol. The number of nitrogens with two attached hydrogens (primary N) is 2. The second kappa shape index (κ2) is 4.84. The third-order valence-electron chi connectivity index (χ3n) is 3.82. The maximum atomic E-state index is 5.97. The Morgan fingerprint density at radius 3 is 1.55 bits per heavy atom. The highest BCUT2D eigenvalue weighted by Gasteiger charge is 2.09. The number of aromatic nitrogens is 1. The van der Waals surface area contributed by atoms with Crippen molar-refractivity contribution >= 4 is 45.6 Å². The van der Waals surface area contributed by atoms with Crippen LogP contribution in [0.5, 0.6) is 0 Å². The van der Waals surface area contributed by atoms with Gasteiger partial charge in [-0.1, -0.05) is 0 Å². The van der Waals surface area contributed by atoms with E-state index in [0.717, 1.165) is 44.3 Å². The third kappa shape index (κ3) is 2.04. The summed E-state index contributed by atoms with van der Waals surface area (Å²) in [5.74, 6) is 0. The molecule has 0 aliphatic carbocycles. The highest BCUT2D eigenvalue weighted by molar-refractivity contribution is 5.99. The number of pyridine rings is 1. The summed E-state index contributed by atoms with van der Waals surface area (Å²) in [6, 6.07) is 8.09. The van der Waals surface area contributed by atoms with E-state index >= 15 is 0 Å². The van der Waals surface area contributed by atoms with Crippen LogP contribution in [0.15, 0.2) is 24.3 Å². The van der Waals surface area contributed by atoms with Gasteiger partial charge >= 0.3 is 0 Å². The van der Waals surface area contributed by atoms with Gasteiger partial charge in [0.05, 0.1) is 11.0 Å². The Morgan fingerprint density at radius 1 is 0.750 bits per heavy atom. The normalized spacial score (nSPS) is 10.8. The summed E-state index contributed by atoms with van der Waals surface area (Å²) in [5, 5.41) is 2.31. The molecule has 0 saturated carbocycles. The first-order valence-electron chi connectivity index (χ1n) is 6.33. The lowest BCUT2D eigenvalue weighted by Crippen LogP contribution is -1.96. The van der Waals surface area contributed by atoms with Crippen LogP contribution in [-0.4, -0.2) is 4.98 Å². The first kappa shape index (κ1) is 14.4. The van der Waals surface area contributed by atoms with E-state index in [1.807, 2.05) is 26.0 Å². The summed E-state index contributed by atoms with van der Waals surface area (Å²) in [6.45, 7) is 6.16. The standard InChI is InChI=1S/C16H17N3.ClH/c1-8-4-11-10(3)12-5-9(2)14(18)7-16(12)19-15(11)6-13(8)17;/h4-7H,17-18H2,1-3H3;1H. The van der Waals surface area contributed by atoms with Gasteiger partial charge < -0.3 is 11.5 Å². The molecule has 104 valence electrons. The van der Waals surface area contributed by atoms with Gasteiger partial charge in [-0.15, -0.1) is 12.4 Å². The van der Waals surface area contributed by atoms with Crippen molar-refractivity contribution in [3.05, 3.63) is 41.0 Å². The Labute approximate surface area is 124 Å². The minimum absolute atomic E-state index is 0. The number of aryl methyl sites for hydroxylation is 3. The molecule has 20 heavy (non-hydrogen) atoms. The predicted octanol–water partition coefficient (Wildman–Crippen LogP) is 3.90. The maximum absolute atomic E-state index is 5.97. The molecule has 0 aliphatic heterocycles. The van der Waals surface area contributed by atoms with Crippen molar-refractivity contribution < 1.29 is 0 Å². The zero-order chi connectivity index (χ0) is 13.7. The fourth-order valence-electron chi connectivity index (χ4n) is 2.49. The molecular weight excluding hydrogens is 270 g/mol. The number of hydrogen-bond acceptors (Lipinski definition) is 3. The van der Waals surface area contributed by atoms with Crippen LogP contribution in [0.25, 0.3) is 21.8 Å². The molecule has 0 atom stereocenters. The van der Waals surface area contributed by atoms with Crippen molar-refractivity contribution in [2.45, 2.75) is 20.8 Å². The molecule has 3 aromatic rings. The lowest BCUT2D eigenvalue weighted by molar-refractivity contribution is 1.40. The third-order valence-corrected chi connectivity index (χ3v) is 3.82. The van der Waals surface area contributed by atoms with Crippen molar-refractivity contribution in [2.24, 2.45) is 0 Å². The number of nitrogen functional groups attached to an aromatic ring is 2. The fraction of sp³-hybridized carbons (Fsp3) is 0.188. The molecule has 0 bridgehead atoms. The summed E-state index contributed by atoms with van der Waals surface area (Å²) >= 11 is 0. The van der Waals surface area contributed by atoms with E-state index in [1.165, 1.54) is 5.56 Å². The van der Waals surface area contributed by atoms with Gasteiger partial charge in [-0.05, 0) is 61.7 Å². The topological polar surface area (TPSA) is 64.9 Å². The highest BCUT2D eigenvalue weighted by atomic mass is 35.5. The molecule has 0 fully saturated rings. The molecule has 3 rings (SSSR count). The Morgan fingerprint density at radius 2 is 1.15 bits per heavy atom. The second-order valence-corrected chi connectivity index (χ2v) is 5.19. The first-order chi connectivity index (χ1) is 8.97. The zero-order valence-electron chi connectivity index (χ0n) is 11.8. The number of nitrogens with zero attached hydrogens (tertiary/aromatic N) is 1. The molecule has 1 aromatic heterocycles. The molecule has 0 saturated heterocycles. The summed E-state index contributed by atoms with van der Waals surface area (Å²) < 4.78 is 0. The van der Waals surface area contributed by atoms with Crippen LogP contribution in [0.1, 0.15) is 16.7 Å². The van der Waals surface area contributed by atoms with Crippen LogP contribution in [-0.2, 0) is 0 Å². The summed E-state index contributed by atoms with van der Waals surface area (Å²) in [4.78, 5) is 4.68. The predicted molar refractivity (Wildman–Crippen MR) is 89.5 cm³/mol. The highest BCUT2D eigenvalue weighted by Crippen LogP contribution is 2.30. The average Bonchev–Trinajstić information content (AvgIpc) is 2.35. The Bertz CT molecular complexity index is 759. The molecule has 0 aliphatic rings. The van der Waals surface area contributed by atoms with Gasteiger partial charge in [0, 0.05) is 22.1 Å². The van der Waals surface area contributed by atoms with E-state index in [-0.39, 0.29) is 12.4 Å². The molecule has 0 spiro atoms. The Balaban J connectivity index is 0.00000147. The maximum Gasteiger partial charge on any atom is 0.0733 e. The molecule has 0 radical (unpaired) electrons. The SMILES string of the molecule is Cc1cc2c(C)c3cc(C)c(N)cc3nc2cc1N.Cl. The van der Waals surface area contributed by atoms with E-state index in [0.29, 0.717) is 0 Å². The number of rotatable bonds is 0. The minimum atomic E-state index is 0. The van der Waals surface area contributed by atoms with Gasteiger partial charge in [-0.2, -0.15) is 0 Å². The number of fused-ring (bicyclic) bond motifs is 2.